The first-order valence-corrected chi connectivity index (χ1v) is 10.1. The molecule has 3 N–H and O–H groups in total. The van der Waals surface area contributed by atoms with E-state index in [1.165, 1.54) is 60.2 Å². The number of benzene rings is 1. The van der Waals surface area contributed by atoms with Gasteiger partial charge < -0.3 is 15.3 Å². The first-order chi connectivity index (χ1) is 13.7. The topological polar surface area (TPSA) is 60.7 Å². The van der Waals surface area contributed by atoms with Crippen molar-refractivity contribution in [2.45, 2.75) is 53.9 Å². The number of allylic oxidation sites excluding steroid dienone is 9. The van der Waals surface area contributed by atoms with Crippen LogP contribution < -0.4 is 0 Å². The lowest BCUT2D eigenvalue weighted by atomic mass is 9.72. The molecule has 1 aromatic rings. The van der Waals surface area contributed by atoms with E-state index in [1.807, 2.05) is 19.1 Å². The Hall–Kier alpha value is -2.52. The molecule has 3 nitrogen and oxygen atoms in total. The third-order valence-electron chi connectivity index (χ3n) is 5.04. The summed E-state index contributed by atoms with van der Waals surface area (Å²) in [5.41, 5.74) is 5.66. The summed E-state index contributed by atoms with van der Waals surface area (Å²) in [6.45, 7) is 11.2. The van der Waals surface area contributed by atoms with Crippen LogP contribution in [0, 0.1) is 5.41 Å². The molecule has 158 valence electrons. The molecule has 0 aliphatic heterocycles. The largest absolute Gasteiger partial charge is 0.508 e. The maximum absolute atomic E-state index is 8.81. The van der Waals surface area contributed by atoms with Gasteiger partial charge in [0, 0.05) is 0 Å². The number of aromatic hydroxyl groups is 2. The molecular formula is C26H36O3. The third-order valence-corrected chi connectivity index (χ3v) is 5.04. The summed E-state index contributed by atoms with van der Waals surface area (Å²) in [6.07, 6.45) is 16.3. The zero-order valence-electron chi connectivity index (χ0n) is 18.4. The molecule has 0 saturated heterocycles. The lowest BCUT2D eigenvalue weighted by molar-refractivity contribution is 0.342. The number of aliphatic hydroxyl groups is 1. The van der Waals surface area contributed by atoms with Crippen molar-refractivity contribution in [3.63, 3.8) is 0 Å². The molecule has 0 fully saturated rings. The molecule has 0 saturated carbocycles. The van der Waals surface area contributed by atoms with Crippen molar-refractivity contribution in [3.8, 4) is 11.5 Å². The van der Waals surface area contributed by atoms with Crippen LogP contribution in [0.1, 0.15) is 53.9 Å². The summed E-state index contributed by atoms with van der Waals surface area (Å²) in [5, 5.41) is 26.1. The summed E-state index contributed by atoms with van der Waals surface area (Å²) in [5.74, 6) is 0.339. The normalized spacial score (nSPS) is 17.6. The van der Waals surface area contributed by atoms with E-state index in [9.17, 15) is 0 Å². The van der Waals surface area contributed by atoms with Gasteiger partial charge in [-0.05, 0) is 75.3 Å². The molecule has 1 aliphatic rings. The lowest BCUT2D eigenvalue weighted by Crippen LogP contribution is -2.19. The van der Waals surface area contributed by atoms with E-state index in [2.05, 4.69) is 45.9 Å². The Morgan fingerprint density at radius 1 is 1.00 bits per heavy atom. The summed E-state index contributed by atoms with van der Waals surface area (Å²) in [7, 11) is 0. The van der Waals surface area contributed by atoms with Gasteiger partial charge in [0.1, 0.15) is 11.5 Å². The highest BCUT2D eigenvalue weighted by Gasteiger charge is 2.26. The van der Waals surface area contributed by atoms with Crippen LogP contribution >= 0.6 is 0 Å². The number of hydrogen-bond donors (Lipinski definition) is 3. The third kappa shape index (κ3) is 9.49. The van der Waals surface area contributed by atoms with E-state index in [-0.39, 0.29) is 18.1 Å². The first kappa shape index (κ1) is 24.5. The number of hydrogen-bond acceptors (Lipinski definition) is 3. The van der Waals surface area contributed by atoms with Gasteiger partial charge in [-0.3, -0.25) is 0 Å². The number of phenols is 2. The van der Waals surface area contributed by atoms with E-state index in [0.717, 1.165) is 5.57 Å². The Morgan fingerprint density at radius 2 is 1.59 bits per heavy atom. The van der Waals surface area contributed by atoms with Gasteiger partial charge in [-0.25, -0.2) is 0 Å². The summed E-state index contributed by atoms with van der Waals surface area (Å²) in [4.78, 5) is 0. The lowest BCUT2D eigenvalue weighted by Gasteiger charge is -2.32. The molecule has 0 aromatic heterocycles. The van der Waals surface area contributed by atoms with Crippen LogP contribution in [0.2, 0.25) is 0 Å². The van der Waals surface area contributed by atoms with E-state index >= 15 is 0 Å². The van der Waals surface area contributed by atoms with Crippen LogP contribution in [0.25, 0.3) is 0 Å². The van der Waals surface area contributed by atoms with Crippen molar-refractivity contribution in [2.24, 2.45) is 5.41 Å². The summed E-state index contributed by atoms with van der Waals surface area (Å²) < 4.78 is 0. The predicted molar refractivity (Wildman–Crippen MR) is 123 cm³/mol. The van der Waals surface area contributed by atoms with Crippen molar-refractivity contribution in [2.75, 3.05) is 6.61 Å². The van der Waals surface area contributed by atoms with Gasteiger partial charge in [0.2, 0.25) is 0 Å². The highest BCUT2D eigenvalue weighted by Crippen LogP contribution is 2.40. The molecular weight excluding hydrogens is 360 g/mol. The minimum atomic E-state index is 0.0985. The van der Waals surface area contributed by atoms with Crippen molar-refractivity contribution < 1.29 is 15.3 Å². The highest BCUT2D eigenvalue weighted by atomic mass is 16.3. The molecule has 0 amide bonds. The summed E-state index contributed by atoms with van der Waals surface area (Å²) >= 11 is 0. The van der Waals surface area contributed by atoms with E-state index in [0.29, 0.717) is 5.41 Å². The fraction of sp³-hybridized carbons (Fsp3) is 0.385. The minimum Gasteiger partial charge on any atom is -0.508 e. The SMILES string of the molecule is CC1=C(/C=C/C(C)=C/C=C/C(C)=C/CO)C(C)(C)CCC1.Oc1ccc(O)cc1. The van der Waals surface area contributed by atoms with Crippen LogP contribution in [0.15, 0.2) is 83.0 Å². The predicted octanol–water partition coefficient (Wildman–Crippen LogP) is 6.61. The first-order valence-electron chi connectivity index (χ1n) is 10.1. The fourth-order valence-corrected chi connectivity index (χ4v) is 3.30. The van der Waals surface area contributed by atoms with Crippen LogP contribution in [-0.4, -0.2) is 21.9 Å². The Kier molecular flexibility index (Phi) is 10.3. The maximum Gasteiger partial charge on any atom is 0.115 e. The fourth-order valence-electron chi connectivity index (χ4n) is 3.30. The van der Waals surface area contributed by atoms with Crippen molar-refractivity contribution in [1.82, 2.24) is 0 Å². The second-order valence-corrected chi connectivity index (χ2v) is 8.18. The average molecular weight is 397 g/mol. The molecule has 0 heterocycles. The van der Waals surface area contributed by atoms with Crippen LogP contribution in [0.4, 0.5) is 0 Å². The van der Waals surface area contributed by atoms with Gasteiger partial charge in [0.05, 0.1) is 6.61 Å². The van der Waals surface area contributed by atoms with Crippen molar-refractivity contribution >= 4 is 0 Å². The monoisotopic (exact) mass is 396 g/mol. The molecule has 1 aromatic carbocycles. The van der Waals surface area contributed by atoms with E-state index in [1.54, 1.807) is 6.08 Å². The van der Waals surface area contributed by atoms with Gasteiger partial charge in [0.15, 0.2) is 0 Å². The van der Waals surface area contributed by atoms with Crippen LogP contribution in [-0.2, 0) is 0 Å². The second kappa shape index (κ2) is 12.1. The quantitative estimate of drug-likeness (QED) is 0.388. The summed E-state index contributed by atoms with van der Waals surface area (Å²) in [6, 6.07) is 5.70. The number of rotatable bonds is 5. The maximum atomic E-state index is 8.81. The van der Waals surface area contributed by atoms with Gasteiger partial charge in [-0.2, -0.15) is 0 Å². The molecule has 0 bridgehead atoms. The van der Waals surface area contributed by atoms with Gasteiger partial charge in [-0.15, -0.1) is 0 Å². The van der Waals surface area contributed by atoms with Crippen molar-refractivity contribution in [1.29, 1.82) is 0 Å². The Labute approximate surface area is 176 Å². The van der Waals surface area contributed by atoms with Gasteiger partial charge >= 0.3 is 0 Å². The molecule has 3 heteroatoms. The molecule has 0 atom stereocenters. The molecule has 0 unspecified atom stereocenters. The molecule has 0 radical (unpaired) electrons. The Balaban J connectivity index is 0.000000436. The molecule has 1 aliphatic carbocycles. The second-order valence-electron chi connectivity index (χ2n) is 8.18. The van der Waals surface area contributed by atoms with E-state index in [4.69, 9.17) is 15.3 Å². The molecule has 0 spiro atoms. The smallest absolute Gasteiger partial charge is 0.115 e. The zero-order chi connectivity index (χ0) is 21.9. The average Bonchev–Trinajstić information content (AvgIpc) is 2.64. The van der Waals surface area contributed by atoms with Gasteiger partial charge in [-0.1, -0.05) is 67.0 Å². The van der Waals surface area contributed by atoms with Crippen LogP contribution in [0.3, 0.4) is 0 Å². The number of phenolic OH excluding ortho intramolecular Hbond substituents is 2. The van der Waals surface area contributed by atoms with E-state index < -0.39 is 0 Å². The van der Waals surface area contributed by atoms with Gasteiger partial charge in [0.25, 0.3) is 0 Å². The minimum absolute atomic E-state index is 0.0985. The molecule has 29 heavy (non-hydrogen) atoms. The van der Waals surface area contributed by atoms with Crippen LogP contribution in [0.5, 0.6) is 11.5 Å². The highest BCUT2D eigenvalue weighted by molar-refractivity contribution is 5.37. The molecule has 2 rings (SSSR count). The van der Waals surface area contributed by atoms with Crippen molar-refractivity contribution in [3.05, 3.63) is 83.0 Å². The standard InChI is InChI=1S/C20H30O.C6H6O2/c1-16(8-6-9-17(2)13-15-21)11-12-19-18(3)10-7-14-20(19,4)5;7-5-1-2-6(8)4-3-5/h6,8-9,11-13,21H,7,10,14-15H2,1-5H3;1-4,7-8H/b9-6+,12-11+,16-8+,17-13+;. The zero-order valence-corrected chi connectivity index (χ0v) is 18.4. The Morgan fingerprint density at radius 3 is 2.10 bits per heavy atom. The Bertz CT molecular complexity index is 767. The number of aliphatic hydroxyl groups excluding tert-OH is 1.